The number of halogens is 3. The number of nitrogens with zero attached hydrogens (tertiary/aromatic N) is 1. The number of carbonyl (C=O) groups is 1. The Labute approximate surface area is 202 Å². The summed E-state index contributed by atoms with van der Waals surface area (Å²) in [6.45, 7) is 1.75. The van der Waals surface area contributed by atoms with Crippen LogP contribution in [-0.4, -0.2) is 25.8 Å². The molecule has 0 aliphatic carbocycles. The number of ether oxygens (including phenoxy) is 2. The molecule has 0 aliphatic heterocycles. The van der Waals surface area contributed by atoms with Crippen LogP contribution in [0.25, 0.3) is 0 Å². The number of nitrogens with one attached hydrogen (secondary N) is 1. The van der Waals surface area contributed by atoms with Gasteiger partial charge in [-0.1, -0.05) is 17.7 Å². The number of carbonyl (C=O) groups excluding carboxylic acids is 1. The Morgan fingerprint density at radius 3 is 2.39 bits per heavy atom. The molecule has 3 aromatic rings. The van der Waals surface area contributed by atoms with Crippen molar-refractivity contribution < 1.29 is 14.3 Å². The summed E-state index contributed by atoms with van der Waals surface area (Å²) in [7, 11) is 1.62. The lowest BCUT2D eigenvalue weighted by Crippen LogP contribution is -2.20. The highest BCUT2D eigenvalue weighted by molar-refractivity contribution is 9.11. The number of rotatable bonds is 7. The first-order chi connectivity index (χ1) is 14.9. The fourth-order valence-corrected chi connectivity index (χ4v) is 4.25. The van der Waals surface area contributed by atoms with E-state index in [4.69, 9.17) is 21.1 Å². The molecule has 0 saturated heterocycles. The maximum absolute atomic E-state index is 12.2. The van der Waals surface area contributed by atoms with Gasteiger partial charge in [0.15, 0.2) is 6.61 Å². The molecule has 0 radical (unpaired) electrons. The zero-order valence-corrected chi connectivity index (χ0v) is 20.7. The minimum Gasteiger partial charge on any atom is -0.497 e. The van der Waals surface area contributed by atoms with E-state index in [1.54, 1.807) is 25.5 Å². The van der Waals surface area contributed by atoms with Crippen molar-refractivity contribution in [3.8, 4) is 11.5 Å². The van der Waals surface area contributed by atoms with Crippen LogP contribution in [0.2, 0.25) is 5.02 Å². The van der Waals surface area contributed by atoms with Gasteiger partial charge in [0.05, 0.1) is 21.7 Å². The highest BCUT2D eigenvalue weighted by Gasteiger charge is 2.11. The second kappa shape index (κ2) is 10.8. The number of anilines is 1. The minimum absolute atomic E-state index is 0.151. The van der Waals surface area contributed by atoms with Crippen LogP contribution in [0.5, 0.6) is 11.5 Å². The molecule has 0 saturated carbocycles. The molecular formula is C23H19Br2ClN2O3. The fourth-order valence-electron chi connectivity index (χ4n) is 2.61. The van der Waals surface area contributed by atoms with Gasteiger partial charge in [-0.2, -0.15) is 0 Å². The van der Waals surface area contributed by atoms with Crippen LogP contribution in [-0.2, 0) is 4.79 Å². The van der Waals surface area contributed by atoms with Crippen molar-refractivity contribution in [3.05, 3.63) is 79.7 Å². The van der Waals surface area contributed by atoms with Crippen LogP contribution in [0, 0.1) is 6.92 Å². The van der Waals surface area contributed by atoms with Crippen molar-refractivity contribution in [1.29, 1.82) is 0 Å². The lowest BCUT2D eigenvalue weighted by atomic mass is 10.2. The van der Waals surface area contributed by atoms with E-state index in [1.807, 2.05) is 49.4 Å². The summed E-state index contributed by atoms with van der Waals surface area (Å²) in [5.41, 5.74) is 3.23. The first-order valence-electron chi connectivity index (χ1n) is 9.21. The first kappa shape index (κ1) is 23.3. The van der Waals surface area contributed by atoms with Crippen LogP contribution in [0.1, 0.15) is 11.1 Å². The molecule has 0 unspecified atom stereocenters. The first-order valence-corrected chi connectivity index (χ1v) is 11.2. The molecule has 0 aromatic heterocycles. The predicted molar refractivity (Wildman–Crippen MR) is 132 cm³/mol. The molecule has 8 heteroatoms. The normalized spacial score (nSPS) is 10.9. The number of hydrogen-bond donors (Lipinski definition) is 1. The maximum atomic E-state index is 12.2. The van der Waals surface area contributed by atoms with Crippen molar-refractivity contribution in [1.82, 2.24) is 0 Å². The Bertz CT molecular complexity index is 1100. The second-order valence-electron chi connectivity index (χ2n) is 6.57. The highest BCUT2D eigenvalue weighted by Crippen LogP contribution is 2.34. The quantitative estimate of drug-likeness (QED) is 0.315. The largest absolute Gasteiger partial charge is 0.497 e. The van der Waals surface area contributed by atoms with Gasteiger partial charge in [-0.25, -0.2) is 0 Å². The smallest absolute Gasteiger partial charge is 0.262 e. The van der Waals surface area contributed by atoms with Gasteiger partial charge in [0, 0.05) is 16.9 Å². The molecule has 0 bridgehead atoms. The topological polar surface area (TPSA) is 59.9 Å². The number of hydrogen-bond acceptors (Lipinski definition) is 4. The molecule has 0 aliphatic rings. The van der Waals surface area contributed by atoms with E-state index < -0.39 is 0 Å². The van der Waals surface area contributed by atoms with Crippen LogP contribution in [0.4, 0.5) is 11.4 Å². The molecule has 5 nitrogen and oxygen atoms in total. The average molecular weight is 567 g/mol. The molecule has 3 rings (SSSR count). The average Bonchev–Trinajstić information content (AvgIpc) is 2.74. The van der Waals surface area contributed by atoms with Crippen molar-refractivity contribution >= 4 is 67.0 Å². The Hall–Kier alpha value is -2.35. The van der Waals surface area contributed by atoms with E-state index >= 15 is 0 Å². The van der Waals surface area contributed by atoms with E-state index in [2.05, 4.69) is 42.2 Å². The van der Waals surface area contributed by atoms with Gasteiger partial charge in [-0.05, 0) is 98.4 Å². The van der Waals surface area contributed by atoms with Gasteiger partial charge in [0.25, 0.3) is 5.91 Å². The molecule has 1 N–H and O–H groups in total. The fraction of sp³-hybridized carbons (Fsp3) is 0.130. The van der Waals surface area contributed by atoms with Crippen LogP contribution >= 0.6 is 43.5 Å². The molecule has 0 fully saturated rings. The number of methoxy groups -OCH3 is 1. The Morgan fingerprint density at radius 2 is 1.77 bits per heavy atom. The monoisotopic (exact) mass is 564 g/mol. The van der Waals surface area contributed by atoms with Gasteiger partial charge in [-0.15, -0.1) is 0 Å². The molecule has 0 heterocycles. The summed E-state index contributed by atoms with van der Waals surface area (Å²) in [6, 6.07) is 16.5. The van der Waals surface area contributed by atoms with Gasteiger partial charge in [0.2, 0.25) is 0 Å². The molecule has 160 valence electrons. The van der Waals surface area contributed by atoms with Crippen LogP contribution in [0.15, 0.2) is 68.5 Å². The van der Waals surface area contributed by atoms with Crippen molar-refractivity contribution in [3.63, 3.8) is 0 Å². The molecular weight excluding hydrogens is 548 g/mol. The lowest BCUT2D eigenvalue weighted by molar-refractivity contribution is -0.118. The lowest BCUT2D eigenvalue weighted by Gasteiger charge is -2.12. The van der Waals surface area contributed by atoms with E-state index in [9.17, 15) is 4.79 Å². The Balaban J connectivity index is 1.63. The summed E-state index contributed by atoms with van der Waals surface area (Å²) in [4.78, 5) is 16.7. The molecule has 0 spiro atoms. The van der Waals surface area contributed by atoms with Crippen molar-refractivity contribution in [2.75, 3.05) is 19.0 Å². The van der Waals surface area contributed by atoms with Crippen LogP contribution < -0.4 is 14.8 Å². The third-order valence-corrected chi connectivity index (χ3v) is 5.84. The molecule has 0 atom stereocenters. The van der Waals surface area contributed by atoms with Gasteiger partial charge in [0.1, 0.15) is 11.5 Å². The van der Waals surface area contributed by atoms with E-state index in [-0.39, 0.29) is 12.5 Å². The molecule has 1 amide bonds. The Kier molecular flexibility index (Phi) is 8.12. The molecule has 31 heavy (non-hydrogen) atoms. The number of benzene rings is 3. The third-order valence-electron chi connectivity index (χ3n) is 4.26. The summed E-state index contributed by atoms with van der Waals surface area (Å²) in [5, 5.41) is 3.36. The number of amides is 1. The Morgan fingerprint density at radius 1 is 1.10 bits per heavy atom. The van der Waals surface area contributed by atoms with Gasteiger partial charge in [-0.3, -0.25) is 9.79 Å². The summed E-state index contributed by atoms with van der Waals surface area (Å²) >= 11 is 13.1. The van der Waals surface area contributed by atoms with Crippen LogP contribution in [0.3, 0.4) is 0 Å². The highest BCUT2D eigenvalue weighted by atomic mass is 79.9. The van der Waals surface area contributed by atoms with E-state index in [1.165, 1.54) is 0 Å². The summed E-state index contributed by atoms with van der Waals surface area (Å²) in [5.74, 6) is 1.02. The van der Waals surface area contributed by atoms with Crippen molar-refractivity contribution in [2.24, 2.45) is 4.99 Å². The molecule has 3 aromatic carbocycles. The summed E-state index contributed by atoms with van der Waals surface area (Å²) < 4.78 is 12.2. The number of aryl methyl sites for hydroxylation is 1. The van der Waals surface area contributed by atoms with E-state index in [0.29, 0.717) is 25.4 Å². The van der Waals surface area contributed by atoms with Gasteiger partial charge < -0.3 is 14.8 Å². The zero-order valence-electron chi connectivity index (χ0n) is 16.8. The SMILES string of the molecule is COc1ccc(N=Cc2cc(Br)c(OCC(=O)Nc3ccc(C)c(Cl)c3)c(Br)c2)cc1. The predicted octanol–water partition coefficient (Wildman–Crippen LogP) is 6.95. The third kappa shape index (κ3) is 6.56. The standard InChI is InChI=1S/C23H19Br2ClN2O3/c1-14-3-4-17(11-21(14)26)28-22(29)13-31-23-19(24)9-15(10-20(23)25)12-27-16-5-7-18(30-2)8-6-16/h3-12H,13H2,1-2H3,(H,28,29). The second-order valence-corrected chi connectivity index (χ2v) is 8.69. The zero-order chi connectivity index (χ0) is 22.4. The maximum Gasteiger partial charge on any atom is 0.262 e. The minimum atomic E-state index is -0.288. The van der Waals surface area contributed by atoms with Crippen molar-refractivity contribution in [2.45, 2.75) is 6.92 Å². The number of aliphatic imine (C=N–C) groups is 1. The van der Waals surface area contributed by atoms with Gasteiger partial charge >= 0.3 is 0 Å². The van der Waals surface area contributed by atoms with E-state index in [0.717, 1.165) is 22.6 Å². The summed E-state index contributed by atoms with van der Waals surface area (Å²) in [6.07, 6.45) is 1.74.